The van der Waals surface area contributed by atoms with Crippen LogP contribution < -0.4 is 5.73 Å². The number of hydrogen-bond donors (Lipinski definition) is 1. The van der Waals surface area contributed by atoms with Crippen molar-refractivity contribution in [3.63, 3.8) is 0 Å². The second kappa shape index (κ2) is 4.96. The van der Waals surface area contributed by atoms with E-state index in [0.717, 1.165) is 0 Å². The summed E-state index contributed by atoms with van der Waals surface area (Å²) < 4.78 is 5.24. The molecule has 0 spiro atoms. The lowest BCUT2D eigenvalue weighted by atomic mass is 10.1. The highest BCUT2D eigenvalue weighted by atomic mass is 35.5. The summed E-state index contributed by atoms with van der Waals surface area (Å²) in [7, 11) is 0. The number of anilines is 1. The standard InChI is InChI=1S/C10H12ClN3O/c1-3-15-5-8-7(4-12)10(11)14-6(2)9(8)13/h3,5,13H2,1-2H3. The molecule has 15 heavy (non-hydrogen) atoms. The normalized spacial score (nSPS) is 10.0. The van der Waals surface area contributed by atoms with E-state index in [0.29, 0.717) is 29.1 Å². The molecule has 0 unspecified atom stereocenters. The van der Waals surface area contributed by atoms with Crippen LogP contribution >= 0.6 is 11.6 Å². The van der Waals surface area contributed by atoms with Crippen molar-refractivity contribution in [3.8, 4) is 6.07 Å². The van der Waals surface area contributed by atoms with Crippen LogP contribution in [0.4, 0.5) is 5.69 Å². The van der Waals surface area contributed by atoms with Gasteiger partial charge in [-0.2, -0.15) is 5.26 Å². The van der Waals surface area contributed by atoms with Gasteiger partial charge in [0.25, 0.3) is 0 Å². The van der Waals surface area contributed by atoms with Crippen LogP contribution in [-0.4, -0.2) is 11.6 Å². The van der Waals surface area contributed by atoms with Crippen molar-refractivity contribution in [1.82, 2.24) is 4.98 Å². The molecule has 0 saturated carbocycles. The zero-order valence-corrected chi connectivity index (χ0v) is 9.43. The maximum atomic E-state index is 8.93. The van der Waals surface area contributed by atoms with Gasteiger partial charge in [-0.15, -0.1) is 0 Å². The number of pyridine rings is 1. The highest BCUT2D eigenvalue weighted by Gasteiger charge is 2.14. The van der Waals surface area contributed by atoms with Crippen LogP contribution in [0.2, 0.25) is 5.15 Å². The third-order valence-corrected chi connectivity index (χ3v) is 2.32. The lowest BCUT2D eigenvalue weighted by molar-refractivity contribution is 0.134. The summed E-state index contributed by atoms with van der Waals surface area (Å²) in [6.07, 6.45) is 0. The average Bonchev–Trinajstić information content (AvgIpc) is 2.21. The summed E-state index contributed by atoms with van der Waals surface area (Å²) >= 11 is 5.84. The van der Waals surface area contributed by atoms with Crippen molar-refractivity contribution in [2.24, 2.45) is 0 Å². The molecule has 0 amide bonds. The molecule has 1 aromatic rings. The van der Waals surface area contributed by atoms with E-state index in [-0.39, 0.29) is 11.8 Å². The van der Waals surface area contributed by atoms with E-state index in [4.69, 9.17) is 27.3 Å². The fourth-order valence-electron chi connectivity index (χ4n) is 1.21. The van der Waals surface area contributed by atoms with Crippen molar-refractivity contribution in [2.75, 3.05) is 12.3 Å². The monoisotopic (exact) mass is 225 g/mol. The van der Waals surface area contributed by atoms with Gasteiger partial charge in [-0.1, -0.05) is 11.6 Å². The van der Waals surface area contributed by atoms with Crippen LogP contribution in [0, 0.1) is 18.3 Å². The molecule has 0 aromatic carbocycles. The summed E-state index contributed by atoms with van der Waals surface area (Å²) in [6, 6.07) is 1.99. The smallest absolute Gasteiger partial charge is 0.147 e. The van der Waals surface area contributed by atoms with Crippen LogP contribution in [0.5, 0.6) is 0 Å². The Morgan fingerprint density at radius 3 is 2.80 bits per heavy atom. The second-order valence-electron chi connectivity index (χ2n) is 3.00. The maximum absolute atomic E-state index is 8.93. The van der Waals surface area contributed by atoms with E-state index < -0.39 is 0 Å². The third-order valence-electron chi connectivity index (χ3n) is 2.05. The summed E-state index contributed by atoms with van der Waals surface area (Å²) in [5.74, 6) is 0. The molecule has 1 heterocycles. The summed E-state index contributed by atoms with van der Waals surface area (Å²) in [4.78, 5) is 3.98. The topological polar surface area (TPSA) is 71.9 Å². The number of aryl methyl sites for hydroxylation is 1. The van der Waals surface area contributed by atoms with Gasteiger partial charge in [0.1, 0.15) is 11.2 Å². The summed E-state index contributed by atoms with van der Waals surface area (Å²) in [6.45, 7) is 4.47. The molecule has 0 aliphatic carbocycles. The minimum absolute atomic E-state index is 0.180. The van der Waals surface area contributed by atoms with Gasteiger partial charge in [0.15, 0.2) is 0 Å². The predicted octanol–water partition coefficient (Wildman–Crippen LogP) is 2.03. The Balaban J connectivity index is 3.26. The first-order valence-corrected chi connectivity index (χ1v) is 4.91. The molecule has 5 heteroatoms. The van der Waals surface area contributed by atoms with Gasteiger partial charge in [-0.3, -0.25) is 0 Å². The molecule has 0 atom stereocenters. The first kappa shape index (κ1) is 11.8. The van der Waals surface area contributed by atoms with E-state index in [1.54, 1.807) is 6.92 Å². The van der Waals surface area contributed by atoms with Crippen LogP contribution in [0.1, 0.15) is 23.7 Å². The number of halogens is 1. The zero-order chi connectivity index (χ0) is 11.4. The molecule has 0 bridgehead atoms. The Kier molecular flexibility index (Phi) is 3.89. The number of hydrogen-bond acceptors (Lipinski definition) is 4. The molecule has 0 aliphatic rings. The van der Waals surface area contributed by atoms with Crippen LogP contribution in [0.15, 0.2) is 0 Å². The predicted molar refractivity (Wildman–Crippen MR) is 58.4 cm³/mol. The van der Waals surface area contributed by atoms with Gasteiger partial charge in [-0.25, -0.2) is 4.98 Å². The molecule has 0 aliphatic heterocycles. The molecule has 0 radical (unpaired) electrons. The van der Waals surface area contributed by atoms with Crippen molar-refractivity contribution in [3.05, 3.63) is 22.0 Å². The quantitative estimate of drug-likeness (QED) is 0.799. The second-order valence-corrected chi connectivity index (χ2v) is 3.36. The van der Waals surface area contributed by atoms with Crippen molar-refractivity contribution in [2.45, 2.75) is 20.5 Å². The van der Waals surface area contributed by atoms with Gasteiger partial charge < -0.3 is 10.5 Å². The van der Waals surface area contributed by atoms with Crippen molar-refractivity contribution in [1.29, 1.82) is 5.26 Å². The molecule has 2 N–H and O–H groups in total. The van der Waals surface area contributed by atoms with Gasteiger partial charge >= 0.3 is 0 Å². The number of nitriles is 1. The van der Waals surface area contributed by atoms with E-state index in [9.17, 15) is 0 Å². The van der Waals surface area contributed by atoms with E-state index in [1.807, 2.05) is 13.0 Å². The average molecular weight is 226 g/mol. The Morgan fingerprint density at radius 2 is 2.27 bits per heavy atom. The van der Waals surface area contributed by atoms with Gasteiger partial charge in [0.05, 0.1) is 23.6 Å². The van der Waals surface area contributed by atoms with E-state index >= 15 is 0 Å². The number of aromatic nitrogens is 1. The fourth-order valence-corrected chi connectivity index (χ4v) is 1.49. The number of nitrogen functional groups attached to an aromatic ring is 1. The SMILES string of the molecule is CCOCc1c(N)c(C)nc(Cl)c1C#N. The minimum atomic E-state index is 0.180. The van der Waals surface area contributed by atoms with Crippen LogP contribution in [0.3, 0.4) is 0 Å². The lowest BCUT2D eigenvalue weighted by Crippen LogP contribution is -2.06. The molecule has 80 valence electrons. The Labute approximate surface area is 93.6 Å². The third kappa shape index (κ3) is 2.38. The zero-order valence-electron chi connectivity index (χ0n) is 8.67. The molecule has 1 aromatic heterocycles. The highest BCUT2D eigenvalue weighted by Crippen LogP contribution is 2.25. The molecular weight excluding hydrogens is 214 g/mol. The van der Waals surface area contributed by atoms with E-state index in [2.05, 4.69) is 4.98 Å². The van der Waals surface area contributed by atoms with Gasteiger partial charge in [0.2, 0.25) is 0 Å². The van der Waals surface area contributed by atoms with Crippen LogP contribution in [0.25, 0.3) is 0 Å². The number of ether oxygens (including phenoxy) is 1. The Morgan fingerprint density at radius 1 is 1.60 bits per heavy atom. The maximum Gasteiger partial charge on any atom is 0.147 e. The fraction of sp³-hybridized carbons (Fsp3) is 0.400. The largest absolute Gasteiger partial charge is 0.397 e. The first-order valence-electron chi connectivity index (χ1n) is 4.54. The van der Waals surface area contributed by atoms with Gasteiger partial charge in [-0.05, 0) is 13.8 Å². The molecule has 4 nitrogen and oxygen atoms in total. The van der Waals surface area contributed by atoms with Crippen molar-refractivity contribution < 1.29 is 4.74 Å². The summed E-state index contributed by atoms with van der Waals surface area (Å²) in [5, 5.41) is 9.11. The molecule has 1 rings (SSSR count). The molecule has 0 saturated heterocycles. The lowest BCUT2D eigenvalue weighted by Gasteiger charge is -2.10. The number of rotatable bonds is 3. The van der Waals surface area contributed by atoms with Gasteiger partial charge in [0, 0.05) is 12.2 Å². The minimum Gasteiger partial charge on any atom is -0.397 e. The van der Waals surface area contributed by atoms with Crippen molar-refractivity contribution >= 4 is 17.3 Å². The highest BCUT2D eigenvalue weighted by molar-refractivity contribution is 6.30. The van der Waals surface area contributed by atoms with E-state index in [1.165, 1.54) is 0 Å². The number of nitrogens with two attached hydrogens (primary N) is 1. The van der Waals surface area contributed by atoms with Crippen LogP contribution in [-0.2, 0) is 11.3 Å². The molecule has 0 fully saturated rings. The summed E-state index contributed by atoms with van der Waals surface area (Å²) in [5.41, 5.74) is 7.83. The Bertz CT molecular complexity index is 412. The molecular formula is C10H12ClN3O. The Hall–Kier alpha value is -1.31. The first-order chi connectivity index (χ1) is 7.11. The number of nitrogens with zero attached hydrogens (tertiary/aromatic N) is 2.